The smallest absolute Gasteiger partial charge is 0.0653 e. The van der Waals surface area contributed by atoms with Gasteiger partial charge in [-0.3, -0.25) is 0 Å². The number of benzene rings is 2. The van der Waals surface area contributed by atoms with Gasteiger partial charge in [-0.05, 0) is 56.2 Å². The minimum absolute atomic E-state index is 0.124. The summed E-state index contributed by atoms with van der Waals surface area (Å²) in [4.78, 5) is 0. The summed E-state index contributed by atoms with van der Waals surface area (Å²) in [5.41, 5.74) is 6.31. The van der Waals surface area contributed by atoms with Crippen LogP contribution in [0, 0.1) is 26.7 Å². The van der Waals surface area contributed by atoms with Gasteiger partial charge in [0.1, 0.15) is 0 Å². The van der Waals surface area contributed by atoms with E-state index in [4.69, 9.17) is 0 Å². The number of aryl methyl sites for hydroxylation is 3. The number of hydrogen-bond donors (Lipinski definition) is 2. The minimum atomic E-state index is -0.281. The molecule has 0 saturated heterocycles. The summed E-state index contributed by atoms with van der Waals surface area (Å²) in [6, 6.07) is 15.0. The van der Waals surface area contributed by atoms with E-state index in [9.17, 15) is 5.11 Å². The summed E-state index contributed by atoms with van der Waals surface area (Å²) >= 11 is 0. The van der Waals surface area contributed by atoms with Gasteiger partial charge in [-0.15, -0.1) is 0 Å². The standard InChI is InChI=1S/C24H33NO/c1-17-14-18(2)23(19(3)15-17)25-16-22(20-10-6-4-7-11-20)24(26)21-12-8-5-9-13-21/h4,6-7,10-11,14-15,21-22,24-26H,5,8-9,12-13,16H2,1-3H3. The quantitative estimate of drug-likeness (QED) is 0.694. The molecule has 1 aliphatic rings. The molecule has 0 radical (unpaired) electrons. The monoisotopic (exact) mass is 351 g/mol. The van der Waals surface area contributed by atoms with Gasteiger partial charge in [-0.2, -0.15) is 0 Å². The second kappa shape index (κ2) is 8.73. The van der Waals surface area contributed by atoms with Gasteiger partial charge in [0.2, 0.25) is 0 Å². The first kappa shape index (κ1) is 19.0. The number of hydrogen-bond acceptors (Lipinski definition) is 2. The second-order valence-corrected chi connectivity index (χ2v) is 8.06. The summed E-state index contributed by atoms with van der Waals surface area (Å²) in [6.45, 7) is 7.24. The summed E-state index contributed by atoms with van der Waals surface area (Å²) in [5.74, 6) is 0.551. The van der Waals surface area contributed by atoms with Crippen molar-refractivity contribution in [1.29, 1.82) is 0 Å². The van der Waals surface area contributed by atoms with E-state index in [1.165, 1.54) is 47.2 Å². The number of rotatable bonds is 6. The molecule has 2 nitrogen and oxygen atoms in total. The molecular weight excluding hydrogens is 318 g/mol. The molecule has 140 valence electrons. The van der Waals surface area contributed by atoms with Crippen LogP contribution in [0.1, 0.15) is 60.3 Å². The Morgan fingerprint density at radius 3 is 2.19 bits per heavy atom. The van der Waals surface area contributed by atoms with Gasteiger partial charge in [-0.25, -0.2) is 0 Å². The number of nitrogens with one attached hydrogen (secondary N) is 1. The molecule has 0 aromatic heterocycles. The molecule has 2 N–H and O–H groups in total. The van der Waals surface area contributed by atoms with E-state index >= 15 is 0 Å². The van der Waals surface area contributed by atoms with E-state index < -0.39 is 0 Å². The fraction of sp³-hybridized carbons (Fsp3) is 0.500. The predicted octanol–water partition coefficient (Wildman–Crippen LogP) is 5.75. The van der Waals surface area contributed by atoms with Crippen molar-refractivity contribution in [2.24, 2.45) is 5.92 Å². The average Bonchev–Trinajstić information content (AvgIpc) is 2.65. The Morgan fingerprint density at radius 2 is 1.58 bits per heavy atom. The minimum Gasteiger partial charge on any atom is -0.392 e. The molecule has 2 atom stereocenters. The molecule has 1 fully saturated rings. The zero-order chi connectivity index (χ0) is 18.5. The van der Waals surface area contributed by atoms with E-state index in [0.717, 1.165) is 19.4 Å². The third kappa shape index (κ3) is 4.48. The molecule has 0 spiro atoms. The zero-order valence-corrected chi connectivity index (χ0v) is 16.5. The van der Waals surface area contributed by atoms with Crippen LogP contribution in [0.4, 0.5) is 5.69 Å². The van der Waals surface area contributed by atoms with Gasteiger partial charge in [-0.1, -0.05) is 67.3 Å². The van der Waals surface area contributed by atoms with Crippen LogP contribution in [0.25, 0.3) is 0 Å². The summed E-state index contributed by atoms with van der Waals surface area (Å²) in [7, 11) is 0. The van der Waals surface area contributed by atoms with Crippen molar-refractivity contribution in [1.82, 2.24) is 0 Å². The molecule has 0 heterocycles. The number of anilines is 1. The molecule has 0 bridgehead atoms. The number of aliphatic hydroxyl groups is 1. The molecule has 26 heavy (non-hydrogen) atoms. The molecule has 0 amide bonds. The van der Waals surface area contributed by atoms with Crippen LogP contribution < -0.4 is 5.32 Å². The molecule has 2 unspecified atom stereocenters. The van der Waals surface area contributed by atoms with E-state index in [1.54, 1.807) is 0 Å². The van der Waals surface area contributed by atoms with Crippen molar-refractivity contribution >= 4 is 5.69 Å². The molecule has 1 aliphatic carbocycles. The summed E-state index contributed by atoms with van der Waals surface area (Å²) < 4.78 is 0. The van der Waals surface area contributed by atoms with Gasteiger partial charge in [0.05, 0.1) is 6.10 Å². The van der Waals surface area contributed by atoms with Gasteiger partial charge in [0, 0.05) is 18.2 Å². The van der Waals surface area contributed by atoms with Crippen LogP contribution in [-0.2, 0) is 0 Å². The van der Waals surface area contributed by atoms with Crippen LogP contribution in [0.2, 0.25) is 0 Å². The Balaban J connectivity index is 1.80. The molecular formula is C24H33NO. The molecule has 2 aromatic carbocycles. The van der Waals surface area contributed by atoms with Crippen molar-refractivity contribution in [3.8, 4) is 0 Å². The van der Waals surface area contributed by atoms with Crippen LogP contribution in [-0.4, -0.2) is 17.8 Å². The molecule has 2 heteroatoms. The lowest BCUT2D eigenvalue weighted by Gasteiger charge is -2.33. The normalized spacial score (nSPS) is 17.7. The fourth-order valence-corrected chi connectivity index (χ4v) is 4.61. The Hall–Kier alpha value is -1.80. The highest BCUT2D eigenvalue weighted by molar-refractivity contribution is 5.58. The van der Waals surface area contributed by atoms with Crippen molar-refractivity contribution in [2.75, 3.05) is 11.9 Å². The van der Waals surface area contributed by atoms with Gasteiger partial charge in [0.25, 0.3) is 0 Å². The van der Waals surface area contributed by atoms with Crippen molar-refractivity contribution in [3.63, 3.8) is 0 Å². The van der Waals surface area contributed by atoms with Gasteiger partial charge < -0.3 is 10.4 Å². The maximum absolute atomic E-state index is 11.2. The Kier molecular flexibility index (Phi) is 6.37. The maximum Gasteiger partial charge on any atom is 0.0653 e. The lowest BCUT2D eigenvalue weighted by Crippen LogP contribution is -2.33. The highest BCUT2D eigenvalue weighted by Gasteiger charge is 2.30. The third-order valence-electron chi connectivity index (χ3n) is 5.95. The first-order valence-corrected chi connectivity index (χ1v) is 10.1. The fourth-order valence-electron chi connectivity index (χ4n) is 4.61. The van der Waals surface area contributed by atoms with Crippen LogP contribution >= 0.6 is 0 Å². The molecule has 3 rings (SSSR count). The average molecular weight is 352 g/mol. The zero-order valence-electron chi connectivity index (χ0n) is 16.5. The lowest BCUT2D eigenvalue weighted by atomic mass is 9.78. The predicted molar refractivity (Wildman–Crippen MR) is 111 cm³/mol. The van der Waals surface area contributed by atoms with E-state index in [0.29, 0.717) is 5.92 Å². The molecule has 1 saturated carbocycles. The second-order valence-electron chi connectivity index (χ2n) is 8.06. The first-order chi connectivity index (χ1) is 12.6. The molecule has 0 aliphatic heterocycles. The van der Waals surface area contributed by atoms with Gasteiger partial charge >= 0.3 is 0 Å². The van der Waals surface area contributed by atoms with E-state index in [-0.39, 0.29) is 12.0 Å². The lowest BCUT2D eigenvalue weighted by molar-refractivity contribution is 0.0635. The highest BCUT2D eigenvalue weighted by Crippen LogP contribution is 2.34. The third-order valence-corrected chi connectivity index (χ3v) is 5.95. The topological polar surface area (TPSA) is 32.3 Å². The Labute approximate surface area is 158 Å². The summed E-state index contributed by atoms with van der Waals surface area (Å²) in [5, 5.41) is 14.9. The highest BCUT2D eigenvalue weighted by atomic mass is 16.3. The maximum atomic E-state index is 11.2. The van der Waals surface area contributed by atoms with E-state index in [2.05, 4.69) is 68.6 Å². The number of aliphatic hydroxyl groups excluding tert-OH is 1. The summed E-state index contributed by atoms with van der Waals surface area (Å²) in [6.07, 6.45) is 5.87. The van der Waals surface area contributed by atoms with E-state index in [1.807, 2.05) is 0 Å². The molecule has 2 aromatic rings. The van der Waals surface area contributed by atoms with Crippen LogP contribution in [0.5, 0.6) is 0 Å². The van der Waals surface area contributed by atoms with Crippen molar-refractivity contribution < 1.29 is 5.11 Å². The SMILES string of the molecule is Cc1cc(C)c(NCC(c2ccccc2)C(O)C2CCCCC2)c(C)c1. The van der Waals surface area contributed by atoms with Crippen LogP contribution in [0.15, 0.2) is 42.5 Å². The Morgan fingerprint density at radius 1 is 0.962 bits per heavy atom. The van der Waals surface area contributed by atoms with Gasteiger partial charge in [0.15, 0.2) is 0 Å². The van der Waals surface area contributed by atoms with Crippen LogP contribution in [0.3, 0.4) is 0 Å². The van der Waals surface area contributed by atoms with Crippen molar-refractivity contribution in [3.05, 3.63) is 64.7 Å². The first-order valence-electron chi connectivity index (χ1n) is 10.1. The van der Waals surface area contributed by atoms with Crippen molar-refractivity contribution in [2.45, 2.75) is 64.9 Å². The largest absolute Gasteiger partial charge is 0.392 e. The Bertz CT molecular complexity index is 680.